The number of ether oxygens (including phenoxy) is 3. The molecule has 7 heteroatoms. The highest BCUT2D eigenvalue weighted by molar-refractivity contribution is 5.67. The van der Waals surface area contributed by atoms with Gasteiger partial charge in [0.2, 0.25) is 0 Å². The van der Waals surface area contributed by atoms with Gasteiger partial charge in [-0.2, -0.15) is 0 Å². The molecule has 0 aromatic carbocycles. The first-order valence-electron chi connectivity index (χ1n) is 14.0. The topological polar surface area (TPSA) is 99.1 Å². The van der Waals surface area contributed by atoms with E-state index >= 15 is 0 Å². The van der Waals surface area contributed by atoms with E-state index in [0.717, 1.165) is 51.4 Å². The molecule has 4 saturated carbocycles. The number of carbonyl (C=O) groups is 3. The maximum atomic E-state index is 12.3. The highest BCUT2D eigenvalue weighted by atomic mass is 16.6. The van der Waals surface area contributed by atoms with E-state index < -0.39 is 0 Å². The van der Waals surface area contributed by atoms with Gasteiger partial charge in [0.15, 0.2) is 0 Å². The number of aliphatic hydroxyl groups is 1. The molecule has 36 heavy (non-hydrogen) atoms. The molecular weight excluding hydrogens is 460 g/mol. The third kappa shape index (κ3) is 4.69. The van der Waals surface area contributed by atoms with Crippen LogP contribution in [-0.4, -0.2) is 47.9 Å². The minimum absolute atomic E-state index is 0.00644. The van der Waals surface area contributed by atoms with Gasteiger partial charge in [-0.1, -0.05) is 20.8 Å². The Morgan fingerprint density at radius 1 is 0.889 bits per heavy atom. The number of hydrogen-bond acceptors (Lipinski definition) is 7. The van der Waals surface area contributed by atoms with Crippen LogP contribution in [0, 0.1) is 46.3 Å². The Labute approximate surface area is 216 Å². The van der Waals surface area contributed by atoms with Crippen molar-refractivity contribution in [1.29, 1.82) is 0 Å². The predicted molar refractivity (Wildman–Crippen MR) is 134 cm³/mol. The van der Waals surface area contributed by atoms with Crippen LogP contribution in [0.5, 0.6) is 0 Å². The molecule has 0 aromatic heterocycles. The zero-order chi connectivity index (χ0) is 26.4. The van der Waals surface area contributed by atoms with Crippen molar-refractivity contribution in [2.75, 3.05) is 6.61 Å². The van der Waals surface area contributed by atoms with Gasteiger partial charge in [0, 0.05) is 38.7 Å². The summed E-state index contributed by atoms with van der Waals surface area (Å²) >= 11 is 0. The summed E-state index contributed by atoms with van der Waals surface area (Å²) in [5.41, 5.74) is -0.218. The van der Waals surface area contributed by atoms with Crippen molar-refractivity contribution < 1.29 is 33.7 Å². The molecule has 1 N–H and O–H groups in total. The molecule has 0 amide bonds. The normalized spacial score (nSPS) is 44.4. The Hall–Kier alpha value is -1.63. The van der Waals surface area contributed by atoms with E-state index in [0.29, 0.717) is 11.8 Å². The molecule has 204 valence electrons. The predicted octanol–water partition coefficient (Wildman–Crippen LogP) is 4.68. The Balaban J connectivity index is 1.73. The van der Waals surface area contributed by atoms with Gasteiger partial charge in [-0.05, 0) is 86.4 Å². The number of fused-ring (bicyclic) bond motifs is 5. The van der Waals surface area contributed by atoms with Crippen LogP contribution in [0.3, 0.4) is 0 Å². The van der Waals surface area contributed by atoms with Crippen molar-refractivity contribution in [3.05, 3.63) is 0 Å². The summed E-state index contributed by atoms with van der Waals surface area (Å²) in [6.07, 6.45) is 6.43. The van der Waals surface area contributed by atoms with Gasteiger partial charge in [0.05, 0.1) is 0 Å². The van der Waals surface area contributed by atoms with Crippen LogP contribution in [0.4, 0.5) is 0 Å². The van der Waals surface area contributed by atoms with Gasteiger partial charge < -0.3 is 19.3 Å². The second kappa shape index (κ2) is 10.3. The highest BCUT2D eigenvalue weighted by Gasteiger charge is 2.67. The van der Waals surface area contributed by atoms with Crippen molar-refractivity contribution in [2.24, 2.45) is 46.3 Å². The fraction of sp³-hybridized carbons (Fsp3) is 0.897. The number of rotatable bonds is 6. The van der Waals surface area contributed by atoms with Crippen molar-refractivity contribution in [3.8, 4) is 0 Å². The molecule has 4 fully saturated rings. The van der Waals surface area contributed by atoms with E-state index in [4.69, 9.17) is 14.2 Å². The molecule has 4 aliphatic rings. The summed E-state index contributed by atoms with van der Waals surface area (Å²) < 4.78 is 17.9. The Morgan fingerprint density at radius 3 is 2.17 bits per heavy atom. The third-order valence-corrected chi connectivity index (χ3v) is 11.0. The third-order valence-electron chi connectivity index (χ3n) is 11.0. The lowest BCUT2D eigenvalue weighted by molar-refractivity contribution is -0.224. The summed E-state index contributed by atoms with van der Waals surface area (Å²) in [5.74, 6) is 0.936. The van der Waals surface area contributed by atoms with Crippen LogP contribution < -0.4 is 0 Å². The SMILES string of the molecule is CC(=O)OC1CC2C[C@H](OC(C)=O)CCC2(C)C2CC(OC(C)=O)C3(C)C(C(C)CCO)CCC3C12. The van der Waals surface area contributed by atoms with Crippen LogP contribution in [0.2, 0.25) is 0 Å². The molecule has 0 spiro atoms. The summed E-state index contributed by atoms with van der Waals surface area (Å²) in [6.45, 7) is 11.5. The zero-order valence-electron chi connectivity index (χ0n) is 23.0. The monoisotopic (exact) mass is 506 g/mol. The van der Waals surface area contributed by atoms with Crippen molar-refractivity contribution >= 4 is 17.9 Å². The van der Waals surface area contributed by atoms with Gasteiger partial charge in [-0.3, -0.25) is 14.4 Å². The lowest BCUT2D eigenvalue weighted by Gasteiger charge is -2.64. The van der Waals surface area contributed by atoms with Crippen LogP contribution in [-0.2, 0) is 28.6 Å². The van der Waals surface area contributed by atoms with E-state index in [2.05, 4.69) is 20.8 Å². The van der Waals surface area contributed by atoms with Gasteiger partial charge in [-0.15, -0.1) is 0 Å². The smallest absolute Gasteiger partial charge is 0.302 e. The quantitative estimate of drug-likeness (QED) is 0.412. The average Bonchev–Trinajstić information content (AvgIpc) is 3.12. The molecule has 0 radical (unpaired) electrons. The van der Waals surface area contributed by atoms with E-state index in [9.17, 15) is 19.5 Å². The number of esters is 3. The molecule has 0 saturated heterocycles. The van der Waals surface area contributed by atoms with Crippen LogP contribution in [0.1, 0.15) is 92.9 Å². The molecule has 11 atom stereocenters. The van der Waals surface area contributed by atoms with Crippen molar-refractivity contribution in [2.45, 2.75) is 111 Å². The van der Waals surface area contributed by atoms with E-state index in [1.807, 2.05) is 0 Å². The summed E-state index contributed by atoms with van der Waals surface area (Å²) in [5, 5.41) is 9.68. The van der Waals surface area contributed by atoms with Gasteiger partial charge in [0.25, 0.3) is 0 Å². The summed E-state index contributed by atoms with van der Waals surface area (Å²) in [4.78, 5) is 36.3. The molecule has 0 aromatic rings. The molecule has 4 aliphatic carbocycles. The first-order chi connectivity index (χ1) is 16.9. The minimum atomic E-state index is -0.248. The van der Waals surface area contributed by atoms with Gasteiger partial charge in [-0.25, -0.2) is 0 Å². The first-order valence-corrected chi connectivity index (χ1v) is 14.0. The van der Waals surface area contributed by atoms with E-state index in [1.165, 1.54) is 20.8 Å². The second-order valence-electron chi connectivity index (χ2n) is 12.8. The molecule has 4 rings (SSSR count). The Bertz CT molecular complexity index is 857. The fourth-order valence-electron chi connectivity index (χ4n) is 9.52. The van der Waals surface area contributed by atoms with Crippen molar-refractivity contribution in [3.63, 3.8) is 0 Å². The maximum Gasteiger partial charge on any atom is 0.302 e. The molecule has 0 heterocycles. The molecule has 0 bridgehead atoms. The summed E-state index contributed by atoms with van der Waals surface area (Å²) in [7, 11) is 0. The maximum absolute atomic E-state index is 12.3. The second-order valence-corrected chi connectivity index (χ2v) is 12.8. The van der Waals surface area contributed by atoms with Crippen LogP contribution in [0.25, 0.3) is 0 Å². The lowest BCUT2D eigenvalue weighted by Crippen LogP contribution is -2.63. The van der Waals surface area contributed by atoms with E-state index in [1.54, 1.807) is 0 Å². The standard InChI is InChI=1S/C29H46O7/c1-16(10-12-30)22-7-8-23-27-24(15-26(29(22,23)6)36-19(4)33)28(5)11-9-21(34-17(2)31)13-20(28)14-25(27)35-18(3)32/h16,20-27,30H,7-15H2,1-6H3/t16?,20?,21-,22?,23?,24?,25?,26?,27?,28?,29?/m1/s1. The number of carbonyl (C=O) groups excluding carboxylic acids is 3. The van der Waals surface area contributed by atoms with Crippen molar-refractivity contribution in [1.82, 2.24) is 0 Å². The zero-order valence-corrected chi connectivity index (χ0v) is 23.0. The Morgan fingerprint density at radius 2 is 1.56 bits per heavy atom. The fourth-order valence-corrected chi connectivity index (χ4v) is 9.52. The van der Waals surface area contributed by atoms with Crippen LogP contribution >= 0.6 is 0 Å². The Kier molecular flexibility index (Phi) is 7.81. The van der Waals surface area contributed by atoms with E-state index in [-0.39, 0.29) is 77.3 Å². The molecule has 7 nitrogen and oxygen atoms in total. The number of hydrogen-bond donors (Lipinski definition) is 1. The largest absolute Gasteiger partial charge is 0.463 e. The molecule has 10 unspecified atom stereocenters. The average molecular weight is 507 g/mol. The first kappa shape index (κ1) is 27.4. The molecule has 0 aliphatic heterocycles. The highest BCUT2D eigenvalue weighted by Crippen LogP contribution is 2.69. The summed E-state index contributed by atoms with van der Waals surface area (Å²) in [6, 6.07) is 0. The molecular formula is C29H46O7. The van der Waals surface area contributed by atoms with Crippen LogP contribution in [0.15, 0.2) is 0 Å². The lowest BCUT2D eigenvalue weighted by atomic mass is 9.43. The van der Waals surface area contributed by atoms with Gasteiger partial charge in [0.1, 0.15) is 18.3 Å². The minimum Gasteiger partial charge on any atom is -0.463 e. The van der Waals surface area contributed by atoms with Gasteiger partial charge >= 0.3 is 17.9 Å². The number of aliphatic hydroxyl groups excluding tert-OH is 1.